The zero-order chi connectivity index (χ0) is 17.4. The fourth-order valence-corrected chi connectivity index (χ4v) is 5.62. The topological polar surface area (TPSA) is 57.6 Å². The zero-order valence-corrected chi connectivity index (χ0v) is 16.4. The average Bonchev–Trinajstić information content (AvgIpc) is 3.22. The second-order valence-corrected chi connectivity index (χ2v) is 9.10. The maximum absolute atomic E-state index is 12.4. The van der Waals surface area contributed by atoms with E-state index in [2.05, 4.69) is 15.2 Å². The summed E-state index contributed by atoms with van der Waals surface area (Å²) in [5, 5.41) is 4.77. The SMILES string of the molecule is CC(C)NC(=O)c1nc2c(s1)C1=C(CCC2)CCN(C2=NCCS2)C1.[HH]. The van der Waals surface area contributed by atoms with Crippen molar-refractivity contribution in [1.82, 2.24) is 15.2 Å². The first-order chi connectivity index (χ1) is 12.1. The number of nitrogens with zero attached hydrogens (tertiary/aromatic N) is 3. The minimum Gasteiger partial charge on any atom is -0.348 e. The van der Waals surface area contributed by atoms with Crippen molar-refractivity contribution in [2.24, 2.45) is 4.99 Å². The van der Waals surface area contributed by atoms with E-state index in [1.54, 1.807) is 16.9 Å². The number of aliphatic imine (C=N–C) groups is 1. The van der Waals surface area contributed by atoms with Gasteiger partial charge in [-0.1, -0.05) is 17.3 Å². The van der Waals surface area contributed by atoms with Gasteiger partial charge >= 0.3 is 0 Å². The Balaban J connectivity index is 0.00000196. The van der Waals surface area contributed by atoms with Crippen LogP contribution in [-0.4, -0.2) is 52.4 Å². The predicted octanol–water partition coefficient (Wildman–Crippen LogP) is 3.43. The lowest BCUT2D eigenvalue weighted by Gasteiger charge is -2.31. The Hall–Kier alpha value is -1.34. The molecule has 1 amide bonds. The Morgan fingerprint density at radius 2 is 2.20 bits per heavy atom. The molecule has 0 fully saturated rings. The van der Waals surface area contributed by atoms with Crippen molar-refractivity contribution >= 4 is 39.7 Å². The normalized spacial score (nSPS) is 20.3. The van der Waals surface area contributed by atoms with Crippen LogP contribution >= 0.6 is 23.1 Å². The first-order valence-electron chi connectivity index (χ1n) is 9.06. The molecule has 25 heavy (non-hydrogen) atoms. The second-order valence-electron chi connectivity index (χ2n) is 7.04. The fraction of sp³-hybridized carbons (Fsp3) is 0.611. The minimum atomic E-state index is -0.0430. The number of aryl methyl sites for hydroxylation is 1. The van der Waals surface area contributed by atoms with E-state index < -0.39 is 0 Å². The molecule has 0 unspecified atom stereocenters. The number of hydrogen-bond donors (Lipinski definition) is 1. The number of fused-ring (bicyclic) bond motifs is 2. The zero-order valence-electron chi connectivity index (χ0n) is 14.8. The molecule has 136 valence electrons. The van der Waals surface area contributed by atoms with E-state index in [1.807, 2.05) is 25.6 Å². The van der Waals surface area contributed by atoms with Crippen molar-refractivity contribution in [3.05, 3.63) is 21.2 Å². The standard InChI is InChI=1S/C18H24N4OS2.H2/c1-11(2)20-16(23)17-21-14-5-3-4-12-6-8-22(18-19-7-9-24-18)10-13(12)15(14)25-17;/h11H,3-10H2,1-2H3,(H,20,23);1H. The summed E-state index contributed by atoms with van der Waals surface area (Å²) >= 11 is 3.44. The monoisotopic (exact) mass is 378 g/mol. The van der Waals surface area contributed by atoms with Crippen LogP contribution in [0.3, 0.4) is 0 Å². The molecular formula is C18H26N4OS2. The average molecular weight is 379 g/mol. The Morgan fingerprint density at radius 1 is 1.32 bits per heavy atom. The molecule has 1 aliphatic carbocycles. The van der Waals surface area contributed by atoms with Crippen LogP contribution in [0, 0.1) is 0 Å². The van der Waals surface area contributed by atoms with E-state index in [9.17, 15) is 4.79 Å². The van der Waals surface area contributed by atoms with Gasteiger partial charge in [-0.25, -0.2) is 4.98 Å². The Morgan fingerprint density at radius 3 is 2.96 bits per heavy atom. The van der Waals surface area contributed by atoms with Crippen molar-refractivity contribution in [2.75, 3.05) is 25.4 Å². The molecule has 1 aromatic rings. The maximum atomic E-state index is 12.4. The van der Waals surface area contributed by atoms with Crippen LogP contribution < -0.4 is 5.32 Å². The van der Waals surface area contributed by atoms with Gasteiger partial charge in [-0.3, -0.25) is 9.79 Å². The number of rotatable bonds is 2. The summed E-state index contributed by atoms with van der Waals surface area (Å²) in [6, 6.07) is 0.133. The predicted molar refractivity (Wildman–Crippen MR) is 108 cm³/mol. The van der Waals surface area contributed by atoms with Gasteiger partial charge in [0.05, 0.1) is 17.1 Å². The Bertz CT molecular complexity index is 756. The third-order valence-corrected chi connectivity index (χ3v) is 6.97. The molecule has 3 aliphatic rings. The van der Waals surface area contributed by atoms with E-state index >= 15 is 0 Å². The molecule has 0 saturated carbocycles. The number of thiazole rings is 1. The van der Waals surface area contributed by atoms with Gasteiger partial charge in [-0.2, -0.15) is 0 Å². The van der Waals surface area contributed by atoms with Gasteiger partial charge in [-0.15, -0.1) is 11.3 Å². The highest BCUT2D eigenvalue weighted by Crippen LogP contribution is 2.39. The van der Waals surface area contributed by atoms with E-state index in [-0.39, 0.29) is 13.4 Å². The van der Waals surface area contributed by atoms with Crippen molar-refractivity contribution in [3.8, 4) is 0 Å². The van der Waals surface area contributed by atoms with Crippen LogP contribution in [0.25, 0.3) is 5.57 Å². The third kappa shape index (κ3) is 3.49. The third-order valence-electron chi connectivity index (χ3n) is 4.78. The summed E-state index contributed by atoms with van der Waals surface area (Å²) in [7, 11) is 0. The van der Waals surface area contributed by atoms with Gasteiger partial charge in [-0.05, 0) is 45.1 Å². The molecular weight excluding hydrogens is 352 g/mol. The van der Waals surface area contributed by atoms with Crippen LogP contribution in [0.4, 0.5) is 0 Å². The van der Waals surface area contributed by atoms with E-state index in [0.29, 0.717) is 5.01 Å². The molecule has 0 radical (unpaired) electrons. The van der Waals surface area contributed by atoms with Crippen molar-refractivity contribution in [1.29, 1.82) is 0 Å². The van der Waals surface area contributed by atoms with Gasteiger partial charge in [0, 0.05) is 26.3 Å². The lowest BCUT2D eigenvalue weighted by atomic mass is 9.97. The molecule has 1 N–H and O–H groups in total. The highest BCUT2D eigenvalue weighted by molar-refractivity contribution is 8.14. The number of hydrogen-bond acceptors (Lipinski definition) is 6. The first-order valence-corrected chi connectivity index (χ1v) is 10.9. The van der Waals surface area contributed by atoms with Crippen LogP contribution in [0.5, 0.6) is 0 Å². The summed E-state index contributed by atoms with van der Waals surface area (Å²) in [5.41, 5.74) is 4.10. The quantitative estimate of drug-likeness (QED) is 0.857. The van der Waals surface area contributed by atoms with Crippen LogP contribution in [0.2, 0.25) is 0 Å². The smallest absolute Gasteiger partial charge is 0.280 e. The number of carbonyl (C=O) groups is 1. The molecule has 2 aliphatic heterocycles. The number of carbonyl (C=O) groups excluding carboxylic acids is 1. The van der Waals surface area contributed by atoms with Gasteiger partial charge in [0.2, 0.25) is 0 Å². The molecule has 1 aromatic heterocycles. The van der Waals surface area contributed by atoms with E-state index in [4.69, 9.17) is 4.98 Å². The number of thioether (sulfide) groups is 1. The molecule has 0 saturated heterocycles. The second kappa shape index (κ2) is 7.11. The lowest BCUT2D eigenvalue weighted by Crippen LogP contribution is -2.34. The molecule has 0 atom stereocenters. The Kier molecular flexibility index (Phi) is 4.86. The summed E-state index contributed by atoms with van der Waals surface area (Å²) in [6.07, 6.45) is 4.39. The molecule has 0 aromatic carbocycles. The van der Waals surface area contributed by atoms with Gasteiger partial charge in [0.1, 0.15) is 0 Å². The highest BCUT2D eigenvalue weighted by atomic mass is 32.2. The summed E-state index contributed by atoms with van der Waals surface area (Å²) in [4.78, 5) is 25.4. The van der Waals surface area contributed by atoms with Crippen LogP contribution in [0.15, 0.2) is 10.6 Å². The van der Waals surface area contributed by atoms with Crippen molar-refractivity contribution in [2.45, 2.75) is 45.6 Å². The van der Waals surface area contributed by atoms with Crippen LogP contribution in [-0.2, 0) is 6.42 Å². The number of aromatic nitrogens is 1. The maximum Gasteiger partial charge on any atom is 0.280 e. The summed E-state index contributed by atoms with van der Waals surface area (Å²) in [6.45, 7) is 6.89. The molecule has 4 rings (SSSR count). The van der Waals surface area contributed by atoms with E-state index in [0.717, 1.165) is 50.3 Å². The number of nitrogens with one attached hydrogen (secondary N) is 1. The Labute approximate surface area is 158 Å². The molecule has 5 nitrogen and oxygen atoms in total. The van der Waals surface area contributed by atoms with Gasteiger partial charge in [0.25, 0.3) is 5.91 Å². The highest BCUT2D eigenvalue weighted by Gasteiger charge is 2.29. The van der Waals surface area contributed by atoms with Crippen molar-refractivity contribution < 1.29 is 6.22 Å². The molecule has 7 heteroatoms. The molecule has 0 spiro atoms. The minimum absolute atomic E-state index is 0. The molecule has 0 bridgehead atoms. The summed E-state index contributed by atoms with van der Waals surface area (Å²) < 4.78 is 0. The number of amidine groups is 1. The fourth-order valence-electron chi connectivity index (χ4n) is 3.64. The molecule has 3 heterocycles. The van der Waals surface area contributed by atoms with Crippen LogP contribution in [0.1, 0.15) is 54.9 Å². The largest absolute Gasteiger partial charge is 0.348 e. The first kappa shape index (κ1) is 17.1. The van der Waals surface area contributed by atoms with Crippen molar-refractivity contribution in [3.63, 3.8) is 0 Å². The van der Waals surface area contributed by atoms with Gasteiger partial charge in [0.15, 0.2) is 10.2 Å². The summed E-state index contributed by atoms with van der Waals surface area (Å²) in [5.74, 6) is 1.06. The lowest BCUT2D eigenvalue weighted by molar-refractivity contribution is 0.0942. The van der Waals surface area contributed by atoms with Gasteiger partial charge < -0.3 is 10.2 Å². The van der Waals surface area contributed by atoms with E-state index in [1.165, 1.54) is 22.0 Å². The number of amides is 1.